The van der Waals surface area contributed by atoms with Gasteiger partial charge in [0.2, 0.25) is 4.96 Å². The summed E-state index contributed by atoms with van der Waals surface area (Å²) in [6, 6.07) is 25.1. The van der Waals surface area contributed by atoms with E-state index in [2.05, 4.69) is 10.1 Å². The van der Waals surface area contributed by atoms with Gasteiger partial charge in [-0.1, -0.05) is 53.8 Å². The van der Waals surface area contributed by atoms with Gasteiger partial charge in [-0.05, 0) is 48.0 Å². The van der Waals surface area contributed by atoms with Gasteiger partial charge in [0.05, 0.1) is 10.1 Å². The Morgan fingerprint density at radius 2 is 1.66 bits per heavy atom. The highest BCUT2D eigenvalue weighted by atomic mass is 32.1. The molecule has 7 heteroatoms. The van der Waals surface area contributed by atoms with Crippen molar-refractivity contribution in [2.75, 3.05) is 19.0 Å². The van der Waals surface area contributed by atoms with Gasteiger partial charge in [-0.15, -0.1) is 5.10 Å². The minimum Gasteiger partial charge on any atom is -0.457 e. The largest absolute Gasteiger partial charge is 0.457 e. The van der Waals surface area contributed by atoms with Crippen molar-refractivity contribution in [3.8, 4) is 22.9 Å². The molecule has 0 saturated carbocycles. The predicted molar refractivity (Wildman–Crippen MR) is 129 cm³/mol. The minimum absolute atomic E-state index is 0.179. The van der Waals surface area contributed by atoms with Crippen LogP contribution in [0.5, 0.6) is 11.5 Å². The molecular formula is C25H20N4O2S. The second kappa shape index (κ2) is 8.28. The van der Waals surface area contributed by atoms with Crippen LogP contribution in [0.15, 0.2) is 83.7 Å². The van der Waals surface area contributed by atoms with Gasteiger partial charge in [0.25, 0.3) is 5.56 Å². The van der Waals surface area contributed by atoms with Gasteiger partial charge in [-0.2, -0.15) is 9.50 Å². The summed E-state index contributed by atoms with van der Waals surface area (Å²) in [5.74, 6) is 1.82. The van der Waals surface area contributed by atoms with E-state index < -0.39 is 0 Å². The summed E-state index contributed by atoms with van der Waals surface area (Å²) >= 11 is 1.32. The van der Waals surface area contributed by atoms with E-state index in [0.29, 0.717) is 21.1 Å². The van der Waals surface area contributed by atoms with Gasteiger partial charge in [-0.25, -0.2) is 0 Å². The zero-order chi connectivity index (χ0) is 22.1. The number of benzene rings is 3. The van der Waals surface area contributed by atoms with Crippen LogP contribution in [0.25, 0.3) is 22.4 Å². The molecule has 0 fully saturated rings. The van der Waals surface area contributed by atoms with Gasteiger partial charge >= 0.3 is 0 Å². The van der Waals surface area contributed by atoms with Crippen LogP contribution in [0.4, 0.5) is 5.69 Å². The fourth-order valence-corrected chi connectivity index (χ4v) is 4.23. The Kier molecular flexibility index (Phi) is 5.17. The lowest BCUT2D eigenvalue weighted by atomic mass is 10.2. The molecule has 0 saturated heterocycles. The Morgan fingerprint density at radius 3 is 2.38 bits per heavy atom. The minimum atomic E-state index is -0.179. The molecule has 0 bridgehead atoms. The first kappa shape index (κ1) is 20.0. The van der Waals surface area contributed by atoms with Crippen LogP contribution in [0.2, 0.25) is 0 Å². The summed E-state index contributed by atoms with van der Waals surface area (Å²) in [5.41, 5.74) is 2.62. The second-order valence-corrected chi connectivity index (χ2v) is 8.45. The number of aromatic nitrogens is 3. The molecule has 6 nitrogen and oxygen atoms in total. The van der Waals surface area contributed by atoms with Gasteiger partial charge in [0, 0.05) is 19.8 Å². The molecule has 0 aliphatic rings. The monoisotopic (exact) mass is 440 g/mol. The average molecular weight is 441 g/mol. The van der Waals surface area contributed by atoms with Gasteiger partial charge < -0.3 is 9.64 Å². The van der Waals surface area contributed by atoms with E-state index in [-0.39, 0.29) is 5.56 Å². The molecule has 0 radical (unpaired) electrons. The lowest BCUT2D eigenvalue weighted by Gasteiger charge is -2.11. The molecule has 0 N–H and O–H groups in total. The maximum atomic E-state index is 12.9. The Balaban J connectivity index is 1.51. The van der Waals surface area contributed by atoms with Crippen molar-refractivity contribution in [3.63, 3.8) is 0 Å². The van der Waals surface area contributed by atoms with Gasteiger partial charge in [-0.3, -0.25) is 4.79 Å². The van der Waals surface area contributed by atoms with Crippen LogP contribution in [0.3, 0.4) is 0 Å². The van der Waals surface area contributed by atoms with E-state index in [9.17, 15) is 4.79 Å². The van der Waals surface area contributed by atoms with E-state index >= 15 is 0 Å². The van der Waals surface area contributed by atoms with Crippen molar-refractivity contribution in [1.82, 2.24) is 14.6 Å². The maximum absolute atomic E-state index is 12.9. The molecule has 3 aromatic carbocycles. The molecule has 2 heterocycles. The van der Waals surface area contributed by atoms with Crippen molar-refractivity contribution >= 4 is 28.1 Å². The molecule has 2 aromatic heterocycles. The van der Waals surface area contributed by atoms with Gasteiger partial charge in [0.1, 0.15) is 11.5 Å². The fraction of sp³-hybridized carbons (Fsp3) is 0.0800. The number of hydrogen-bond acceptors (Lipinski definition) is 6. The molecule has 0 aliphatic heterocycles. The van der Waals surface area contributed by atoms with E-state index in [4.69, 9.17) is 4.74 Å². The summed E-state index contributed by atoms with van der Waals surface area (Å²) in [6.07, 6.45) is 1.87. The number of rotatable bonds is 5. The molecule has 0 aliphatic carbocycles. The van der Waals surface area contributed by atoms with E-state index in [0.717, 1.165) is 22.6 Å². The van der Waals surface area contributed by atoms with Crippen LogP contribution in [0, 0.1) is 0 Å². The van der Waals surface area contributed by atoms with Crippen LogP contribution in [-0.4, -0.2) is 28.7 Å². The number of fused-ring (bicyclic) bond motifs is 1. The molecule has 5 aromatic rings. The fourth-order valence-electron chi connectivity index (χ4n) is 3.32. The maximum Gasteiger partial charge on any atom is 0.291 e. The van der Waals surface area contributed by atoms with E-state index in [1.54, 1.807) is 0 Å². The molecule has 0 spiro atoms. The zero-order valence-corrected chi connectivity index (χ0v) is 18.4. The highest BCUT2D eigenvalue weighted by Gasteiger charge is 2.15. The van der Waals surface area contributed by atoms with Crippen LogP contribution >= 0.6 is 11.3 Å². The molecule has 158 valence electrons. The normalized spacial score (nSPS) is 11.8. The van der Waals surface area contributed by atoms with Crippen molar-refractivity contribution in [3.05, 3.63) is 99.3 Å². The van der Waals surface area contributed by atoms with Crippen molar-refractivity contribution in [2.45, 2.75) is 0 Å². The van der Waals surface area contributed by atoms with E-state index in [1.807, 2.05) is 104 Å². The number of para-hydroxylation sites is 2. The number of hydrogen-bond donors (Lipinski definition) is 0. The molecule has 0 atom stereocenters. The third-order valence-electron chi connectivity index (χ3n) is 4.99. The lowest BCUT2D eigenvalue weighted by Crippen LogP contribution is -2.23. The van der Waals surface area contributed by atoms with Crippen molar-refractivity contribution < 1.29 is 4.74 Å². The smallest absolute Gasteiger partial charge is 0.291 e. The molecule has 0 amide bonds. The summed E-state index contributed by atoms with van der Waals surface area (Å²) < 4.78 is 7.98. The van der Waals surface area contributed by atoms with Crippen molar-refractivity contribution in [1.29, 1.82) is 0 Å². The van der Waals surface area contributed by atoms with Crippen molar-refractivity contribution in [2.24, 2.45) is 0 Å². The Labute approximate surface area is 188 Å². The lowest BCUT2D eigenvalue weighted by molar-refractivity contribution is 0.484. The highest BCUT2D eigenvalue weighted by Crippen LogP contribution is 2.31. The third kappa shape index (κ3) is 3.86. The SMILES string of the molecule is CN(C)c1ccc(/C=c2\sc3nc(-c4ccccc4Oc4ccccc4)nn3c2=O)cc1. The number of anilines is 1. The second-order valence-electron chi connectivity index (χ2n) is 7.44. The number of thiazole rings is 1. The summed E-state index contributed by atoms with van der Waals surface area (Å²) in [4.78, 5) is 20.1. The number of ether oxygens (including phenoxy) is 1. The van der Waals surface area contributed by atoms with Gasteiger partial charge in [0.15, 0.2) is 5.82 Å². The highest BCUT2D eigenvalue weighted by molar-refractivity contribution is 7.15. The quantitative estimate of drug-likeness (QED) is 0.409. The summed E-state index contributed by atoms with van der Waals surface area (Å²) in [5, 5.41) is 4.48. The third-order valence-corrected chi connectivity index (χ3v) is 5.95. The average Bonchev–Trinajstić information content (AvgIpc) is 3.34. The van der Waals surface area contributed by atoms with Crippen LogP contribution < -0.4 is 19.7 Å². The topological polar surface area (TPSA) is 59.7 Å². The van der Waals surface area contributed by atoms with E-state index in [1.165, 1.54) is 15.9 Å². The Hall–Kier alpha value is -3.97. The molecule has 5 rings (SSSR count). The van der Waals surface area contributed by atoms with Crippen LogP contribution in [0.1, 0.15) is 5.56 Å². The first-order valence-corrected chi connectivity index (χ1v) is 10.9. The Morgan fingerprint density at radius 1 is 0.938 bits per heavy atom. The molecular weight excluding hydrogens is 420 g/mol. The molecule has 32 heavy (non-hydrogen) atoms. The number of nitrogens with zero attached hydrogens (tertiary/aromatic N) is 4. The molecule has 0 unspecified atom stereocenters. The summed E-state index contributed by atoms with van der Waals surface area (Å²) in [6.45, 7) is 0. The first-order valence-electron chi connectivity index (χ1n) is 10.1. The summed E-state index contributed by atoms with van der Waals surface area (Å²) in [7, 11) is 3.99. The predicted octanol–water partition coefficient (Wildman–Crippen LogP) is 4.22. The zero-order valence-electron chi connectivity index (χ0n) is 17.6. The first-order chi connectivity index (χ1) is 15.6. The standard InChI is InChI=1S/C25H20N4O2S/c1-28(2)18-14-12-17(13-15-18)16-22-24(30)29-25(32-22)26-23(27-29)20-10-6-7-11-21(20)31-19-8-4-3-5-9-19/h3-16H,1-2H3/b22-16-. The van der Waals surface area contributed by atoms with Crippen LogP contribution in [-0.2, 0) is 0 Å². The Bertz CT molecular complexity index is 1490.